The summed E-state index contributed by atoms with van der Waals surface area (Å²) in [6, 6.07) is 0. The van der Waals surface area contributed by atoms with Gasteiger partial charge in [-0.15, -0.1) is 0 Å². The number of hydrogen-bond acceptors (Lipinski definition) is 3. The van der Waals surface area contributed by atoms with Gasteiger partial charge in [0.05, 0.1) is 4.99 Å². The van der Waals surface area contributed by atoms with Gasteiger partial charge < -0.3 is 5.73 Å². The van der Waals surface area contributed by atoms with E-state index in [-0.39, 0.29) is 17.7 Å². The maximum Gasteiger partial charge on any atom is 0.229 e. The fourth-order valence-electron chi connectivity index (χ4n) is 1.37. The molecule has 0 aromatic carbocycles. The Morgan fingerprint density at radius 2 is 2.00 bits per heavy atom. The molecule has 2 N–H and O–H groups in total. The molecule has 1 saturated heterocycles. The molecule has 0 spiro atoms. The second kappa shape index (κ2) is 4.50. The lowest BCUT2D eigenvalue weighted by atomic mass is 10.1. The van der Waals surface area contributed by atoms with Gasteiger partial charge in [-0.1, -0.05) is 19.1 Å². The molecule has 1 rings (SSSR count). The van der Waals surface area contributed by atoms with E-state index in [1.807, 2.05) is 6.92 Å². The van der Waals surface area contributed by atoms with E-state index in [4.69, 9.17) is 18.0 Å². The van der Waals surface area contributed by atoms with Crippen LogP contribution in [0.2, 0.25) is 0 Å². The Hall–Kier alpha value is -0.970. The van der Waals surface area contributed by atoms with Crippen molar-refractivity contribution in [2.75, 3.05) is 6.54 Å². The lowest BCUT2D eigenvalue weighted by Crippen LogP contribution is -2.44. The average molecular weight is 214 g/mol. The Morgan fingerprint density at radius 1 is 1.50 bits per heavy atom. The van der Waals surface area contributed by atoms with Crippen LogP contribution in [0.3, 0.4) is 0 Å². The normalized spacial score (nSPS) is 19.6. The van der Waals surface area contributed by atoms with Crippen LogP contribution < -0.4 is 5.73 Å². The second-order valence-electron chi connectivity index (χ2n) is 3.56. The Labute approximate surface area is 88.4 Å². The molecular weight excluding hydrogens is 200 g/mol. The van der Waals surface area contributed by atoms with Gasteiger partial charge in [-0.05, 0) is 6.42 Å². The minimum Gasteiger partial charge on any atom is -0.393 e. The largest absolute Gasteiger partial charge is 0.393 e. The van der Waals surface area contributed by atoms with Gasteiger partial charge in [-0.25, -0.2) is 0 Å². The molecule has 0 aromatic heterocycles. The molecule has 1 aliphatic heterocycles. The highest BCUT2D eigenvalue weighted by molar-refractivity contribution is 7.80. The van der Waals surface area contributed by atoms with E-state index >= 15 is 0 Å². The first-order valence-corrected chi connectivity index (χ1v) is 5.05. The molecule has 2 amide bonds. The first-order valence-electron chi connectivity index (χ1n) is 4.65. The molecule has 5 heteroatoms. The zero-order valence-corrected chi connectivity index (χ0v) is 8.97. The third-order valence-corrected chi connectivity index (χ3v) is 2.73. The first kappa shape index (κ1) is 11.1. The van der Waals surface area contributed by atoms with Crippen LogP contribution in [0, 0.1) is 5.92 Å². The molecule has 1 unspecified atom stereocenters. The van der Waals surface area contributed by atoms with Crippen LogP contribution in [-0.4, -0.2) is 28.2 Å². The summed E-state index contributed by atoms with van der Waals surface area (Å²) < 4.78 is 0. The molecule has 1 aliphatic rings. The van der Waals surface area contributed by atoms with Crippen LogP contribution in [0.1, 0.15) is 26.2 Å². The lowest BCUT2D eigenvalue weighted by molar-refractivity contribution is -0.148. The number of likely N-dealkylation sites (tertiary alicyclic amines) is 1. The second-order valence-corrected chi connectivity index (χ2v) is 4.03. The van der Waals surface area contributed by atoms with E-state index in [2.05, 4.69) is 0 Å². The van der Waals surface area contributed by atoms with Gasteiger partial charge in [-0.2, -0.15) is 0 Å². The van der Waals surface area contributed by atoms with E-state index in [9.17, 15) is 9.59 Å². The Kier molecular flexibility index (Phi) is 3.57. The molecule has 0 saturated carbocycles. The SMILES string of the molecule is CC(CN1C(=O)CCCC1=O)C(N)=S. The van der Waals surface area contributed by atoms with Crippen molar-refractivity contribution in [3.8, 4) is 0 Å². The number of imide groups is 1. The molecule has 0 aliphatic carbocycles. The minimum atomic E-state index is -0.107. The summed E-state index contributed by atoms with van der Waals surface area (Å²) in [5.41, 5.74) is 5.43. The van der Waals surface area contributed by atoms with Crippen LogP contribution in [0.15, 0.2) is 0 Å². The highest BCUT2D eigenvalue weighted by atomic mass is 32.1. The number of carbonyl (C=O) groups is 2. The number of carbonyl (C=O) groups excluding carboxylic acids is 2. The van der Waals surface area contributed by atoms with Crippen molar-refractivity contribution in [2.24, 2.45) is 11.7 Å². The summed E-state index contributed by atoms with van der Waals surface area (Å²) >= 11 is 4.79. The summed E-state index contributed by atoms with van der Waals surface area (Å²) in [6.45, 7) is 2.14. The van der Waals surface area contributed by atoms with Crippen molar-refractivity contribution in [2.45, 2.75) is 26.2 Å². The van der Waals surface area contributed by atoms with Crippen LogP contribution in [0.25, 0.3) is 0 Å². The fourth-order valence-corrected chi connectivity index (χ4v) is 1.44. The molecule has 0 aromatic rings. The molecule has 14 heavy (non-hydrogen) atoms. The highest BCUT2D eigenvalue weighted by Crippen LogP contribution is 2.14. The van der Waals surface area contributed by atoms with Gasteiger partial charge in [0, 0.05) is 25.3 Å². The van der Waals surface area contributed by atoms with Gasteiger partial charge in [0.2, 0.25) is 11.8 Å². The topological polar surface area (TPSA) is 63.4 Å². The van der Waals surface area contributed by atoms with Gasteiger partial charge in [0.15, 0.2) is 0 Å². The lowest BCUT2D eigenvalue weighted by Gasteiger charge is -2.27. The monoisotopic (exact) mass is 214 g/mol. The quantitative estimate of drug-likeness (QED) is 0.547. The number of nitrogens with zero attached hydrogens (tertiary/aromatic N) is 1. The summed E-state index contributed by atoms with van der Waals surface area (Å²) in [7, 11) is 0. The van der Waals surface area contributed by atoms with E-state index in [1.54, 1.807) is 0 Å². The maximum absolute atomic E-state index is 11.4. The number of piperidine rings is 1. The van der Waals surface area contributed by atoms with Crippen LogP contribution >= 0.6 is 12.2 Å². The molecule has 1 atom stereocenters. The molecular formula is C9H14N2O2S. The number of thiocarbonyl (C=S) groups is 1. The van der Waals surface area contributed by atoms with E-state index < -0.39 is 0 Å². The molecule has 1 fully saturated rings. The van der Waals surface area contributed by atoms with E-state index in [1.165, 1.54) is 4.90 Å². The summed E-state index contributed by atoms with van der Waals surface area (Å²) in [4.78, 5) is 24.4. The number of rotatable bonds is 3. The smallest absolute Gasteiger partial charge is 0.229 e. The van der Waals surface area contributed by atoms with Gasteiger partial charge >= 0.3 is 0 Å². The minimum absolute atomic E-state index is 0.101. The summed E-state index contributed by atoms with van der Waals surface area (Å²) in [5.74, 6) is -0.315. The fraction of sp³-hybridized carbons (Fsp3) is 0.667. The third kappa shape index (κ3) is 2.51. The van der Waals surface area contributed by atoms with Gasteiger partial charge in [-0.3, -0.25) is 14.5 Å². The van der Waals surface area contributed by atoms with Crippen molar-refractivity contribution < 1.29 is 9.59 Å². The number of hydrogen-bond donors (Lipinski definition) is 1. The predicted molar refractivity (Wildman–Crippen MR) is 56.5 cm³/mol. The van der Waals surface area contributed by atoms with Crippen molar-refractivity contribution in [1.82, 2.24) is 4.90 Å². The summed E-state index contributed by atoms with van der Waals surface area (Å²) in [6.07, 6.45) is 1.57. The van der Waals surface area contributed by atoms with E-state index in [0.717, 1.165) is 0 Å². The summed E-state index contributed by atoms with van der Waals surface area (Å²) in [5, 5.41) is 0. The van der Waals surface area contributed by atoms with Gasteiger partial charge in [0.1, 0.15) is 0 Å². The van der Waals surface area contributed by atoms with Crippen molar-refractivity contribution in [3.63, 3.8) is 0 Å². The average Bonchev–Trinajstić information content (AvgIpc) is 2.11. The van der Waals surface area contributed by atoms with Crippen molar-refractivity contribution in [3.05, 3.63) is 0 Å². The molecule has 0 bridgehead atoms. The standard InChI is InChI=1S/C9H14N2O2S/c1-6(9(10)14)5-11-7(12)3-2-4-8(11)13/h6H,2-5H2,1H3,(H2,10,14). The molecule has 0 radical (unpaired) electrons. The highest BCUT2D eigenvalue weighted by Gasteiger charge is 2.27. The first-order chi connectivity index (χ1) is 6.52. The van der Waals surface area contributed by atoms with Crippen LogP contribution in [-0.2, 0) is 9.59 Å². The zero-order chi connectivity index (χ0) is 10.7. The Balaban J connectivity index is 2.61. The molecule has 1 heterocycles. The van der Waals surface area contributed by atoms with Crippen molar-refractivity contribution >= 4 is 29.0 Å². The van der Waals surface area contributed by atoms with E-state index in [0.29, 0.717) is 30.8 Å². The van der Waals surface area contributed by atoms with Crippen molar-refractivity contribution in [1.29, 1.82) is 0 Å². The third-order valence-electron chi connectivity index (χ3n) is 2.33. The maximum atomic E-state index is 11.4. The van der Waals surface area contributed by atoms with Crippen LogP contribution in [0.4, 0.5) is 0 Å². The predicted octanol–water partition coefficient (Wildman–Crippen LogP) is 0.448. The zero-order valence-electron chi connectivity index (χ0n) is 8.16. The Bertz CT molecular complexity index is 262. The molecule has 78 valence electrons. The molecule has 4 nitrogen and oxygen atoms in total. The Morgan fingerprint density at radius 3 is 2.43 bits per heavy atom. The van der Waals surface area contributed by atoms with Crippen LogP contribution in [0.5, 0.6) is 0 Å². The van der Waals surface area contributed by atoms with Gasteiger partial charge in [0.25, 0.3) is 0 Å². The number of amides is 2. The number of nitrogens with two attached hydrogens (primary N) is 1.